The number of anilines is 2. The lowest BCUT2D eigenvalue weighted by atomic mass is 10.2. The Labute approximate surface area is 176 Å². The Kier molecular flexibility index (Phi) is 5.44. The van der Waals surface area contributed by atoms with E-state index in [1.807, 2.05) is 42.5 Å². The molecule has 0 atom stereocenters. The monoisotopic (exact) mass is 422 g/mol. The highest BCUT2D eigenvalue weighted by Gasteiger charge is 2.22. The van der Waals surface area contributed by atoms with Gasteiger partial charge in [0.2, 0.25) is 5.91 Å². The van der Waals surface area contributed by atoms with Gasteiger partial charge in [-0.25, -0.2) is 9.78 Å². The number of hydrogen-bond donors (Lipinski definition) is 0. The molecule has 4 rings (SSSR count). The van der Waals surface area contributed by atoms with Crippen molar-refractivity contribution in [3.05, 3.63) is 76.2 Å². The Morgan fingerprint density at radius 1 is 1.17 bits per heavy atom. The zero-order chi connectivity index (χ0) is 21.1. The summed E-state index contributed by atoms with van der Waals surface area (Å²) in [4.78, 5) is 30.7. The van der Waals surface area contributed by atoms with Gasteiger partial charge in [-0.05, 0) is 12.1 Å². The summed E-state index contributed by atoms with van der Waals surface area (Å²) in [6, 6.07) is 16.5. The average molecular weight is 422 g/mol. The fraction of sp³-hybridized carbons (Fsp3) is 0.143. The molecule has 0 radical (unpaired) electrons. The van der Waals surface area contributed by atoms with Crippen LogP contribution in [0.4, 0.5) is 10.8 Å². The van der Waals surface area contributed by atoms with E-state index in [9.17, 15) is 9.59 Å². The first-order valence-corrected chi connectivity index (χ1v) is 9.96. The van der Waals surface area contributed by atoms with Crippen LogP contribution >= 0.6 is 11.3 Å². The molecular formula is C21H18N4O4S. The molecule has 152 valence electrons. The Balaban J connectivity index is 1.68. The highest BCUT2D eigenvalue weighted by molar-refractivity contribution is 7.14. The van der Waals surface area contributed by atoms with Crippen molar-refractivity contribution in [2.24, 2.45) is 0 Å². The third-order valence-corrected chi connectivity index (χ3v) is 5.28. The molecule has 0 unspecified atom stereocenters. The lowest BCUT2D eigenvalue weighted by Crippen LogP contribution is -2.23. The molecule has 9 heteroatoms. The van der Waals surface area contributed by atoms with Crippen LogP contribution in [0.25, 0.3) is 11.4 Å². The SMILES string of the molecule is COc1ccccc1N(C(C)=O)c1nc(Cn2c(-c3ccccc3)noc2=O)cs1. The van der Waals surface area contributed by atoms with Crippen molar-refractivity contribution in [1.29, 1.82) is 0 Å². The number of rotatable bonds is 6. The molecule has 1 amide bonds. The summed E-state index contributed by atoms with van der Waals surface area (Å²) >= 11 is 1.30. The van der Waals surface area contributed by atoms with E-state index in [0.717, 1.165) is 5.56 Å². The van der Waals surface area contributed by atoms with Crippen LogP contribution in [0, 0.1) is 0 Å². The molecule has 4 aromatic rings. The van der Waals surface area contributed by atoms with Crippen molar-refractivity contribution in [3.8, 4) is 17.1 Å². The van der Waals surface area contributed by atoms with E-state index >= 15 is 0 Å². The number of benzene rings is 2. The molecule has 2 heterocycles. The molecule has 0 N–H and O–H groups in total. The van der Waals surface area contributed by atoms with Crippen molar-refractivity contribution in [1.82, 2.24) is 14.7 Å². The summed E-state index contributed by atoms with van der Waals surface area (Å²) in [6.45, 7) is 1.63. The molecule has 0 saturated heterocycles. The predicted octanol–water partition coefficient (Wildman–Crippen LogP) is 3.70. The predicted molar refractivity (Wildman–Crippen MR) is 113 cm³/mol. The van der Waals surface area contributed by atoms with E-state index in [-0.39, 0.29) is 12.5 Å². The first kappa shape index (κ1) is 19.6. The fourth-order valence-electron chi connectivity index (χ4n) is 3.06. The first-order valence-electron chi connectivity index (χ1n) is 9.08. The number of carbonyl (C=O) groups is 1. The van der Waals surface area contributed by atoms with Crippen molar-refractivity contribution in [3.63, 3.8) is 0 Å². The Bertz CT molecular complexity index is 1230. The van der Waals surface area contributed by atoms with Gasteiger partial charge in [0.15, 0.2) is 11.0 Å². The third-order valence-electron chi connectivity index (χ3n) is 4.41. The minimum atomic E-state index is -0.573. The number of nitrogens with zero attached hydrogens (tertiary/aromatic N) is 4. The number of amides is 1. The molecule has 0 spiro atoms. The van der Waals surface area contributed by atoms with Crippen molar-refractivity contribution in [2.45, 2.75) is 13.5 Å². The molecule has 0 aliphatic heterocycles. The van der Waals surface area contributed by atoms with Gasteiger partial charge >= 0.3 is 5.76 Å². The highest BCUT2D eigenvalue weighted by Crippen LogP contribution is 2.35. The number of thiazole rings is 1. The number of para-hydroxylation sites is 2. The number of aromatic nitrogens is 3. The Hall–Kier alpha value is -3.72. The second-order valence-corrected chi connectivity index (χ2v) is 7.21. The molecule has 0 saturated carbocycles. The fourth-order valence-corrected chi connectivity index (χ4v) is 3.93. The summed E-state index contributed by atoms with van der Waals surface area (Å²) in [7, 11) is 1.55. The topological polar surface area (TPSA) is 90.5 Å². The quantitative estimate of drug-likeness (QED) is 0.471. The van der Waals surface area contributed by atoms with Crippen LogP contribution in [-0.4, -0.2) is 27.7 Å². The van der Waals surface area contributed by atoms with E-state index in [1.54, 1.807) is 24.6 Å². The van der Waals surface area contributed by atoms with E-state index in [1.165, 1.54) is 27.7 Å². The number of hydrogen-bond acceptors (Lipinski definition) is 7. The van der Waals surface area contributed by atoms with Gasteiger partial charge < -0.3 is 4.74 Å². The summed E-state index contributed by atoms with van der Waals surface area (Å²) < 4.78 is 11.7. The lowest BCUT2D eigenvalue weighted by Gasteiger charge is -2.20. The zero-order valence-corrected chi connectivity index (χ0v) is 17.1. The molecule has 30 heavy (non-hydrogen) atoms. The smallest absolute Gasteiger partial charge is 0.442 e. The summed E-state index contributed by atoms with van der Waals surface area (Å²) in [5, 5.41) is 6.17. The van der Waals surface area contributed by atoms with Gasteiger partial charge in [-0.1, -0.05) is 47.6 Å². The Morgan fingerprint density at radius 3 is 2.63 bits per heavy atom. The van der Waals surface area contributed by atoms with Gasteiger partial charge in [0.25, 0.3) is 0 Å². The van der Waals surface area contributed by atoms with Gasteiger partial charge in [0.05, 0.1) is 25.0 Å². The van der Waals surface area contributed by atoms with Crippen molar-refractivity contribution in [2.75, 3.05) is 12.0 Å². The number of methoxy groups -OCH3 is 1. The maximum Gasteiger partial charge on any atom is 0.442 e. The van der Waals surface area contributed by atoms with Crippen LogP contribution < -0.4 is 15.4 Å². The second-order valence-electron chi connectivity index (χ2n) is 6.37. The summed E-state index contributed by atoms with van der Waals surface area (Å²) in [5.41, 5.74) is 1.97. The number of carbonyl (C=O) groups excluding carboxylic acids is 1. The van der Waals surface area contributed by atoms with E-state index in [0.29, 0.717) is 28.1 Å². The van der Waals surface area contributed by atoms with E-state index < -0.39 is 5.76 Å². The van der Waals surface area contributed by atoms with Crippen LogP contribution in [0.1, 0.15) is 12.6 Å². The molecular weight excluding hydrogens is 404 g/mol. The summed E-state index contributed by atoms with van der Waals surface area (Å²) in [5.74, 6) is 0.207. The maximum absolute atomic E-state index is 12.4. The summed E-state index contributed by atoms with van der Waals surface area (Å²) in [6.07, 6.45) is 0. The van der Waals surface area contributed by atoms with Gasteiger partial charge in [-0.3, -0.25) is 18.8 Å². The molecule has 2 aromatic carbocycles. The molecule has 8 nitrogen and oxygen atoms in total. The van der Waals surface area contributed by atoms with Crippen LogP contribution in [0.15, 0.2) is 69.3 Å². The van der Waals surface area contributed by atoms with Gasteiger partial charge in [0, 0.05) is 17.9 Å². The zero-order valence-electron chi connectivity index (χ0n) is 16.3. The van der Waals surface area contributed by atoms with Crippen LogP contribution in [0.2, 0.25) is 0 Å². The van der Waals surface area contributed by atoms with E-state index in [4.69, 9.17) is 9.26 Å². The van der Waals surface area contributed by atoms with E-state index in [2.05, 4.69) is 10.1 Å². The molecule has 2 aromatic heterocycles. The molecule has 0 fully saturated rings. The van der Waals surface area contributed by atoms with Gasteiger partial charge in [0.1, 0.15) is 5.75 Å². The highest BCUT2D eigenvalue weighted by atomic mass is 32.1. The minimum absolute atomic E-state index is 0.167. The molecule has 0 aliphatic rings. The minimum Gasteiger partial charge on any atom is -0.495 e. The Morgan fingerprint density at radius 2 is 1.90 bits per heavy atom. The normalized spacial score (nSPS) is 10.7. The average Bonchev–Trinajstić information content (AvgIpc) is 3.36. The third kappa shape index (κ3) is 3.74. The van der Waals surface area contributed by atoms with Crippen molar-refractivity contribution < 1.29 is 14.1 Å². The van der Waals surface area contributed by atoms with Crippen LogP contribution in [-0.2, 0) is 11.3 Å². The lowest BCUT2D eigenvalue weighted by molar-refractivity contribution is -0.115. The standard InChI is InChI=1S/C21H18N4O4S/c1-14(26)25(17-10-6-7-11-18(17)28-2)20-22-16(13-30-20)12-24-19(23-29-21(24)27)15-8-4-3-5-9-15/h3-11,13H,12H2,1-2H3. The molecule has 0 bridgehead atoms. The molecule has 0 aliphatic carbocycles. The van der Waals surface area contributed by atoms with Crippen molar-refractivity contribution >= 4 is 28.1 Å². The number of ether oxygens (including phenoxy) is 1. The van der Waals surface area contributed by atoms with Gasteiger partial charge in [-0.2, -0.15) is 0 Å². The largest absolute Gasteiger partial charge is 0.495 e. The van der Waals surface area contributed by atoms with Crippen LogP contribution in [0.5, 0.6) is 5.75 Å². The van der Waals surface area contributed by atoms with Crippen LogP contribution in [0.3, 0.4) is 0 Å². The maximum atomic E-state index is 12.4. The second kappa shape index (κ2) is 8.34. The first-order chi connectivity index (χ1) is 14.6. The van der Waals surface area contributed by atoms with Gasteiger partial charge in [-0.15, -0.1) is 11.3 Å².